The van der Waals surface area contributed by atoms with E-state index in [1.54, 1.807) is 12.1 Å². The van der Waals surface area contributed by atoms with Crippen molar-refractivity contribution >= 4 is 5.97 Å². The molecule has 1 saturated carbocycles. The summed E-state index contributed by atoms with van der Waals surface area (Å²) in [6, 6.07) is 5.29. The molecule has 6 nitrogen and oxygen atoms in total. The zero-order chi connectivity index (χ0) is 20.5. The lowest BCUT2D eigenvalue weighted by atomic mass is 9.66. The van der Waals surface area contributed by atoms with Crippen LogP contribution in [0.25, 0.3) is 0 Å². The van der Waals surface area contributed by atoms with Gasteiger partial charge in [-0.3, -0.25) is 0 Å². The maximum absolute atomic E-state index is 11.2. The average molecular weight is 405 g/mol. The molecule has 1 aromatic rings. The van der Waals surface area contributed by atoms with E-state index in [1.165, 1.54) is 19.3 Å². The molecule has 29 heavy (non-hydrogen) atoms. The number of aliphatic carboxylic acids is 1. The molecule has 1 aromatic carbocycles. The third-order valence-electron chi connectivity index (χ3n) is 7.16. The Morgan fingerprint density at radius 3 is 2.86 bits per heavy atom. The van der Waals surface area contributed by atoms with Crippen LogP contribution in [0.2, 0.25) is 0 Å². The number of hydrogen-bond donors (Lipinski definition) is 2. The number of hydrogen-bond acceptors (Lipinski definition) is 5. The monoisotopic (exact) mass is 404 g/mol. The second-order valence-electron chi connectivity index (χ2n) is 9.03. The van der Waals surface area contributed by atoms with Gasteiger partial charge in [0.25, 0.3) is 0 Å². The number of benzene rings is 1. The van der Waals surface area contributed by atoms with E-state index in [2.05, 4.69) is 13.8 Å². The largest absolute Gasteiger partial charge is 0.478 e. The Balaban J connectivity index is 1.41. The summed E-state index contributed by atoms with van der Waals surface area (Å²) in [5.41, 5.74) is 0.854. The molecule has 0 bridgehead atoms. The first-order chi connectivity index (χ1) is 13.9. The zero-order valence-corrected chi connectivity index (χ0v) is 17.3. The number of fused-ring (bicyclic) bond motifs is 2. The van der Waals surface area contributed by atoms with Gasteiger partial charge >= 0.3 is 5.97 Å². The van der Waals surface area contributed by atoms with E-state index in [4.69, 9.17) is 19.3 Å². The molecule has 0 aromatic heterocycles. The first kappa shape index (κ1) is 20.5. The number of carboxylic acids is 1. The lowest BCUT2D eigenvalue weighted by Gasteiger charge is -2.41. The van der Waals surface area contributed by atoms with Gasteiger partial charge in [0.2, 0.25) is 0 Å². The summed E-state index contributed by atoms with van der Waals surface area (Å²) < 4.78 is 17.4. The Bertz CT molecular complexity index is 734. The van der Waals surface area contributed by atoms with E-state index in [9.17, 15) is 9.90 Å². The van der Waals surface area contributed by atoms with Crippen LogP contribution >= 0.6 is 0 Å². The highest BCUT2D eigenvalue weighted by molar-refractivity contribution is 5.74. The lowest BCUT2D eigenvalue weighted by molar-refractivity contribution is -0.144. The van der Waals surface area contributed by atoms with Crippen LogP contribution < -0.4 is 9.47 Å². The molecular formula is C23H32O6. The number of ether oxygens (including phenoxy) is 3. The van der Waals surface area contributed by atoms with Gasteiger partial charge < -0.3 is 24.4 Å². The van der Waals surface area contributed by atoms with Crippen molar-refractivity contribution in [1.29, 1.82) is 0 Å². The maximum atomic E-state index is 11.2. The summed E-state index contributed by atoms with van der Waals surface area (Å²) in [4.78, 5) is 11.2. The molecule has 0 amide bonds. The van der Waals surface area contributed by atoms with Crippen LogP contribution in [0.1, 0.15) is 51.5 Å². The number of aliphatic hydroxyl groups excluding tert-OH is 1. The predicted octanol–water partition coefficient (Wildman–Crippen LogP) is 3.64. The third kappa shape index (κ3) is 4.38. The molecule has 0 spiro atoms. The fourth-order valence-electron chi connectivity index (χ4n) is 5.35. The topological polar surface area (TPSA) is 85.2 Å². The number of rotatable bonds is 5. The van der Waals surface area contributed by atoms with Crippen LogP contribution in [0, 0.1) is 23.7 Å². The molecular weight excluding hydrogens is 372 g/mol. The molecule has 2 aliphatic heterocycles. The molecule has 6 heteroatoms. The van der Waals surface area contributed by atoms with E-state index in [1.807, 2.05) is 6.07 Å². The normalized spacial score (nSPS) is 33.6. The highest BCUT2D eigenvalue weighted by atomic mass is 16.6. The van der Waals surface area contributed by atoms with Gasteiger partial charge in [0.15, 0.2) is 12.4 Å². The molecule has 0 radical (unpaired) electrons. The van der Waals surface area contributed by atoms with E-state index in [-0.39, 0.29) is 5.92 Å². The Kier molecular flexibility index (Phi) is 6.02. The number of carboxylic acid groups (broad SMARTS) is 1. The molecule has 1 aliphatic carbocycles. The van der Waals surface area contributed by atoms with Gasteiger partial charge in [0.1, 0.15) is 11.5 Å². The van der Waals surface area contributed by atoms with Crippen LogP contribution in [0.15, 0.2) is 18.2 Å². The van der Waals surface area contributed by atoms with Crippen molar-refractivity contribution < 1.29 is 29.2 Å². The van der Waals surface area contributed by atoms with Crippen LogP contribution in [0.5, 0.6) is 11.5 Å². The second kappa shape index (κ2) is 8.52. The molecule has 4 rings (SSSR count). The molecule has 3 unspecified atom stereocenters. The van der Waals surface area contributed by atoms with Crippen molar-refractivity contribution in [2.75, 3.05) is 6.61 Å². The number of carbonyl (C=O) groups is 1. The summed E-state index contributed by atoms with van der Waals surface area (Å²) in [7, 11) is 0. The van der Waals surface area contributed by atoms with Gasteiger partial charge in [0.05, 0.1) is 12.7 Å². The standard InChI is InChI=1S/C23H32O6/c1-13-6-7-15-4-3-5-18(19(15)12-27-13)14(2)23(26)28-17-9-8-16-10-21(22(24)25)29-20(16)11-17/h8-9,11,13-15,18-19,21,23,26H,3-7,10,12H2,1-2H3,(H,24,25)/t13?,14-,15-,18+,19?,21?,23-/m1/s1. The quantitative estimate of drug-likeness (QED) is 0.729. The Morgan fingerprint density at radius 2 is 2.07 bits per heavy atom. The predicted molar refractivity (Wildman–Crippen MR) is 107 cm³/mol. The number of aliphatic hydroxyl groups is 1. The highest BCUT2D eigenvalue weighted by Crippen LogP contribution is 2.44. The van der Waals surface area contributed by atoms with E-state index >= 15 is 0 Å². The smallest absolute Gasteiger partial charge is 0.345 e. The summed E-state index contributed by atoms with van der Waals surface area (Å²) >= 11 is 0. The molecule has 3 aliphatic rings. The fourth-order valence-corrected chi connectivity index (χ4v) is 5.35. The Labute approximate surface area is 172 Å². The van der Waals surface area contributed by atoms with Gasteiger partial charge in [-0.15, -0.1) is 0 Å². The minimum atomic E-state index is -0.968. The Morgan fingerprint density at radius 1 is 1.24 bits per heavy atom. The molecule has 2 fully saturated rings. The van der Waals surface area contributed by atoms with Crippen molar-refractivity contribution in [2.45, 2.75) is 70.9 Å². The highest BCUT2D eigenvalue weighted by Gasteiger charge is 2.40. The molecule has 1 saturated heterocycles. The van der Waals surface area contributed by atoms with Crippen LogP contribution in [0.3, 0.4) is 0 Å². The van der Waals surface area contributed by atoms with Crippen molar-refractivity contribution in [3.8, 4) is 11.5 Å². The Hall–Kier alpha value is -1.79. The first-order valence-electron chi connectivity index (χ1n) is 10.9. The zero-order valence-electron chi connectivity index (χ0n) is 17.3. The van der Waals surface area contributed by atoms with Gasteiger partial charge in [0, 0.05) is 18.4 Å². The summed E-state index contributed by atoms with van der Waals surface area (Å²) in [6.07, 6.45) is 4.77. The third-order valence-corrected chi connectivity index (χ3v) is 7.16. The van der Waals surface area contributed by atoms with Crippen molar-refractivity contribution in [2.24, 2.45) is 23.7 Å². The maximum Gasteiger partial charge on any atom is 0.345 e. The van der Waals surface area contributed by atoms with E-state index in [0.717, 1.165) is 25.0 Å². The van der Waals surface area contributed by atoms with Crippen LogP contribution in [0.4, 0.5) is 0 Å². The van der Waals surface area contributed by atoms with Gasteiger partial charge in [-0.25, -0.2) is 4.79 Å². The van der Waals surface area contributed by atoms with Crippen LogP contribution in [-0.4, -0.2) is 41.3 Å². The molecule has 2 N–H and O–H groups in total. The van der Waals surface area contributed by atoms with Crippen molar-refractivity contribution in [1.82, 2.24) is 0 Å². The van der Waals surface area contributed by atoms with E-state index in [0.29, 0.717) is 41.8 Å². The first-order valence-corrected chi connectivity index (χ1v) is 10.9. The fraction of sp³-hybridized carbons (Fsp3) is 0.696. The van der Waals surface area contributed by atoms with Crippen molar-refractivity contribution in [3.05, 3.63) is 23.8 Å². The van der Waals surface area contributed by atoms with E-state index < -0.39 is 18.4 Å². The van der Waals surface area contributed by atoms with Gasteiger partial charge in [-0.05, 0) is 55.6 Å². The summed E-state index contributed by atoms with van der Waals surface area (Å²) in [5.74, 6) is 1.57. The molecule has 7 atom stereocenters. The summed E-state index contributed by atoms with van der Waals surface area (Å²) in [6.45, 7) is 4.99. The SMILES string of the molecule is CC1CC[C@H]2CCC[C@@H]([C@@H](C)[C@H](O)Oc3ccc4c(c3)OC(C(=O)O)C4)C2CO1. The van der Waals surface area contributed by atoms with Crippen molar-refractivity contribution in [3.63, 3.8) is 0 Å². The average Bonchev–Trinajstić information content (AvgIpc) is 3.04. The minimum absolute atomic E-state index is 0.0132. The molecule has 2 heterocycles. The van der Waals surface area contributed by atoms with Crippen LogP contribution in [-0.2, 0) is 16.0 Å². The minimum Gasteiger partial charge on any atom is -0.478 e. The van der Waals surface area contributed by atoms with Gasteiger partial charge in [-0.1, -0.05) is 25.8 Å². The molecule has 160 valence electrons. The van der Waals surface area contributed by atoms with Gasteiger partial charge in [-0.2, -0.15) is 0 Å². The lowest BCUT2D eigenvalue weighted by Crippen LogP contribution is -2.40. The summed E-state index contributed by atoms with van der Waals surface area (Å²) in [5, 5.41) is 20.0. The second-order valence-corrected chi connectivity index (χ2v) is 9.03.